The summed E-state index contributed by atoms with van der Waals surface area (Å²) in [5.41, 5.74) is 2.01. The maximum absolute atomic E-state index is 12.3. The van der Waals surface area contributed by atoms with Crippen LogP contribution in [0.1, 0.15) is 39.2 Å². The minimum Gasteiger partial charge on any atom is -0.324 e. The van der Waals surface area contributed by atoms with Crippen molar-refractivity contribution in [3.63, 3.8) is 0 Å². The van der Waals surface area contributed by atoms with Gasteiger partial charge in [0.2, 0.25) is 5.91 Å². The summed E-state index contributed by atoms with van der Waals surface area (Å²) in [6.45, 7) is 10.2. The maximum Gasteiger partial charge on any atom is 0.241 e. The van der Waals surface area contributed by atoms with Crippen molar-refractivity contribution >= 4 is 11.6 Å². The third kappa shape index (κ3) is 4.67. The van der Waals surface area contributed by atoms with Crippen LogP contribution >= 0.6 is 0 Å². The molecule has 0 aliphatic heterocycles. The van der Waals surface area contributed by atoms with Crippen LogP contribution in [0, 0.1) is 6.92 Å². The van der Waals surface area contributed by atoms with E-state index in [4.69, 9.17) is 0 Å². The Kier molecular flexibility index (Phi) is 6.57. The normalized spacial score (nSPS) is 12.5. The zero-order valence-corrected chi connectivity index (χ0v) is 12.6. The lowest BCUT2D eigenvalue weighted by Crippen LogP contribution is -2.42. The lowest BCUT2D eigenvalue weighted by Gasteiger charge is -2.27. The highest BCUT2D eigenvalue weighted by molar-refractivity contribution is 5.95. The first-order valence-corrected chi connectivity index (χ1v) is 7.20. The van der Waals surface area contributed by atoms with Gasteiger partial charge in [-0.15, -0.1) is 0 Å². The van der Waals surface area contributed by atoms with E-state index in [1.807, 2.05) is 38.1 Å². The van der Waals surface area contributed by atoms with Crippen LogP contribution in [0.4, 0.5) is 5.69 Å². The minimum absolute atomic E-state index is 0.0798. The van der Waals surface area contributed by atoms with Gasteiger partial charge in [0.05, 0.1) is 6.04 Å². The van der Waals surface area contributed by atoms with E-state index in [1.54, 1.807) is 0 Å². The number of amides is 1. The molecule has 0 fully saturated rings. The maximum atomic E-state index is 12.3. The quantitative estimate of drug-likeness (QED) is 0.816. The molecule has 0 saturated heterocycles. The highest BCUT2D eigenvalue weighted by Gasteiger charge is 2.20. The second-order valence-corrected chi connectivity index (χ2v) is 5.02. The van der Waals surface area contributed by atoms with Crippen LogP contribution in [-0.4, -0.2) is 29.9 Å². The first-order valence-electron chi connectivity index (χ1n) is 7.20. The fourth-order valence-corrected chi connectivity index (χ4v) is 2.19. The molecule has 0 radical (unpaired) electrons. The van der Waals surface area contributed by atoms with Crippen LogP contribution in [0.2, 0.25) is 0 Å². The molecule has 0 aromatic heterocycles. The first kappa shape index (κ1) is 15.7. The van der Waals surface area contributed by atoms with Gasteiger partial charge < -0.3 is 5.32 Å². The van der Waals surface area contributed by atoms with E-state index in [1.165, 1.54) is 0 Å². The number of aryl methyl sites for hydroxylation is 1. The summed E-state index contributed by atoms with van der Waals surface area (Å²) in [4.78, 5) is 14.5. The van der Waals surface area contributed by atoms with E-state index in [0.29, 0.717) is 0 Å². The van der Waals surface area contributed by atoms with Crippen molar-refractivity contribution in [3.05, 3.63) is 29.8 Å². The molecule has 3 heteroatoms. The smallest absolute Gasteiger partial charge is 0.241 e. The van der Waals surface area contributed by atoms with Crippen LogP contribution in [0.3, 0.4) is 0 Å². The number of carbonyl (C=O) groups is 1. The first-order chi connectivity index (χ1) is 9.10. The third-order valence-corrected chi connectivity index (χ3v) is 3.35. The molecule has 0 bridgehead atoms. The number of nitrogens with one attached hydrogen (secondary N) is 1. The summed E-state index contributed by atoms with van der Waals surface area (Å²) in [7, 11) is 0. The average Bonchev–Trinajstić information content (AvgIpc) is 2.40. The number of nitrogens with zero attached hydrogens (tertiary/aromatic N) is 1. The van der Waals surface area contributed by atoms with E-state index in [2.05, 4.69) is 24.1 Å². The lowest BCUT2D eigenvalue weighted by molar-refractivity contribution is -0.120. The highest BCUT2D eigenvalue weighted by Crippen LogP contribution is 2.14. The van der Waals surface area contributed by atoms with Crippen LogP contribution in [-0.2, 0) is 4.79 Å². The van der Waals surface area contributed by atoms with E-state index in [0.717, 1.165) is 37.2 Å². The Morgan fingerprint density at radius 3 is 2.32 bits per heavy atom. The van der Waals surface area contributed by atoms with Gasteiger partial charge in [-0.05, 0) is 51.4 Å². The number of hydrogen-bond donors (Lipinski definition) is 1. The molecular formula is C16H26N2O. The molecule has 1 rings (SSSR count). The van der Waals surface area contributed by atoms with Gasteiger partial charge in [0.25, 0.3) is 0 Å². The van der Waals surface area contributed by atoms with Crippen LogP contribution in [0.15, 0.2) is 24.3 Å². The van der Waals surface area contributed by atoms with Gasteiger partial charge in [0.1, 0.15) is 0 Å². The molecule has 3 nitrogen and oxygen atoms in total. The predicted octanol–water partition coefficient (Wildman–Crippen LogP) is 3.44. The highest BCUT2D eigenvalue weighted by atomic mass is 16.2. The van der Waals surface area contributed by atoms with Gasteiger partial charge in [0.15, 0.2) is 0 Å². The Hall–Kier alpha value is -1.35. The standard InChI is InChI=1S/C16H26N2O/c1-5-11-18(12-6-2)14(4)16(19)17-15-10-8-7-9-13(15)3/h7-10,14H,5-6,11-12H2,1-4H3,(H,17,19). The molecule has 0 spiro atoms. The Bertz CT molecular complexity index is 397. The molecule has 0 saturated carbocycles. The second kappa shape index (κ2) is 7.95. The number of para-hydroxylation sites is 1. The van der Waals surface area contributed by atoms with Gasteiger partial charge in [-0.25, -0.2) is 0 Å². The van der Waals surface area contributed by atoms with Crippen molar-refractivity contribution in [1.82, 2.24) is 4.90 Å². The Labute approximate surface area is 117 Å². The fraction of sp³-hybridized carbons (Fsp3) is 0.562. The zero-order chi connectivity index (χ0) is 14.3. The SMILES string of the molecule is CCCN(CCC)C(C)C(=O)Nc1ccccc1C. The van der Waals surface area contributed by atoms with Crippen LogP contribution in [0.5, 0.6) is 0 Å². The molecule has 1 aromatic carbocycles. The second-order valence-electron chi connectivity index (χ2n) is 5.02. The summed E-state index contributed by atoms with van der Waals surface area (Å²) in [6.07, 6.45) is 2.14. The number of hydrogen-bond acceptors (Lipinski definition) is 2. The molecule has 1 N–H and O–H groups in total. The molecule has 0 aliphatic carbocycles. The van der Waals surface area contributed by atoms with Crippen molar-refractivity contribution in [3.8, 4) is 0 Å². The fourth-order valence-electron chi connectivity index (χ4n) is 2.19. The van der Waals surface area contributed by atoms with Gasteiger partial charge in [-0.2, -0.15) is 0 Å². The molecular weight excluding hydrogens is 236 g/mol. The molecule has 1 atom stereocenters. The van der Waals surface area contributed by atoms with E-state index < -0.39 is 0 Å². The molecule has 19 heavy (non-hydrogen) atoms. The van der Waals surface area contributed by atoms with Crippen LogP contribution in [0.25, 0.3) is 0 Å². The average molecular weight is 262 g/mol. The molecule has 106 valence electrons. The minimum atomic E-state index is -0.0838. The summed E-state index contributed by atoms with van der Waals surface area (Å²) in [5, 5.41) is 3.03. The summed E-state index contributed by atoms with van der Waals surface area (Å²) < 4.78 is 0. The summed E-state index contributed by atoms with van der Waals surface area (Å²) in [5.74, 6) is 0.0798. The Morgan fingerprint density at radius 1 is 1.21 bits per heavy atom. The van der Waals surface area contributed by atoms with Gasteiger partial charge in [-0.1, -0.05) is 32.0 Å². The van der Waals surface area contributed by atoms with Gasteiger partial charge in [-0.3, -0.25) is 9.69 Å². The number of benzene rings is 1. The van der Waals surface area contributed by atoms with E-state index >= 15 is 0 Å². The molecule has 1 aromatic rings. The number of carbonyl (C=O) groups excluding carboxylic acids is 1. The summed E-state index contributed by atoms with van der Waals surface area (Å²) in [6, 6.07) is 7.80. The van der Waals surface area contributed by atoms with Gasteiger partial charge >= 0.3 is 0 Å². The zero-order valence-electron chi connectivity index (χ0n) is 12.6. The Morgan fingerprint density at radius 2 is 1.79 bits per heavy atom. The van der Waals surface area contributed by atoms with E-state index in [9.17, 15) is 4.79 Å². The molecule has 0 aliphatic rings. The largest absolute Gasteiger partial charge is 0.324 e. The lowest BCUT2D eigenvalue weighted by atomic mass is 10.1. The monoisotopic (exact) mass is 262 g/mol. The molecule has 1 unspecified atom stereocenters. The Balaban J connectivity index is 2.68. The van der Waals surface area contributed by atoms with Crippen molar-refractivity contribution in [2.24, 2.45) is 0 Å². The molecule has 1 amide bonds. The van der Waals surface area contributed by atoms with Crippen molar-refractivity contribution in [1.29, 1.82) is 0 Å². The summed E-state index contributed by atoms with van der Waals surface area (Å²) >= 11 is 0. The van der Waals surface area contributed by atoms with E-state index in [-0.39, 0.29) is 11.9 Å². The topological polar surface area (TPSA) is 32.3 Å². The van der Waals surface area contributed by atoms with Gasteiger partial charge in [0, 0.05) is 5.69 Å². The number of anilines is 1. The van der Waals surface area contributed by atoms with Crippen molar-refractivity contribution in [2.45, 2.75) is 46.6 Å². The predicted molar refractivity (Wildman–Crippen MR) is 81.4 cm³/mol. The van der Waals surface area contributed by atoms with Crippen molar-refractivity contribution in [2.75, 3.05) is 18.4 Å². The number of rotatable bonds is 7. The van der Waals surface area contributed by atoms with Crippen molar-refractivity contribution < 1.29 is 4.79 Å². The van der Waals surface area contributed by atoms with Crippen LogP contribution < -0.4 is 5.32 Å². The molecule has 0 heterocycles. The third-order valence-electron chi connectivity index (χ3n) is 3.35.